The molecule has 4 aliphatic rings. The predicted octanol–water partition coefficient (Wildman–Crippen LogP) is 3.35. The Morgan fingerprint density at radius 3 is 2.58 bits per heavy atom. The Labute approximate surface area is 182 Å². The zero-order chi connectivity index (χ0) is 21.1. The van der Waals surface area contributed by atoms with E-state index in [0.717, 1.165) is 55.8 Å². The molecule has 0 radical (unpaired) electrons. The topological polar surface area (TPSA) is 71.5 Å². The van der Waals surface area contributed by atoms with Gasteiger partial charge in [0, 0.05) is 43.4 Å². The number of hydrogen-bond donors (Lipinski definition) is 1. The quantitative estimate of drug-likeness (QED) is 0.608. The van der Waals surface area contributed by atoms with E-state index in [0.29, 0.717) is 17.7 Å². The van der Waals surface area contributed by atoms with Gasteiger partial charge in [0.1, 0.15) is 5.82 Å². The molecule has 1 saturated carbocycles. The van der Waals surface area contributed by atoms with E-state index in [1.165, 1.54) is 19.3 Å². The second-order valence-corrected chi connectivity index (χ2v) is 9.40. The minimum Gasteiger partial charge on any atom is -0.449 e. The third-order valence-electron chi connectivity index (χ3n) is 7.57. The van der Waals surface area contributed by atoms with Gasteiger partial charge in [-0.05, 0) is 50.3 Å². The summed E-state index contributed by atoms with van der Waals surface area (Å²) < 4.78 is 5.82. The van der Waals surface area contributed by atoms with Crippen LogP contribution in [-0.2, 0) is 15.8 Å². The first-order chi connectivity index (χ1) is 15.1. The average Bonchev–Trinajstić information content (AvgIpc) is 3.42. The molecule has 3 fully saturated rings. The molecule has 1 aliphatic carbocycles. The van der Waals surface area contributed by atoms with Gasteiger partial charge < -0.3 is 15.0 Å². The monoisotopic (exact) mass is 417 g/mol. The number of hydrogen-bond acceptors (Lipinski definition) is 6. The summed E-state index contributed by atoms with van der Waals surface area (Å²) in [6.07, 6.45) is 7.91. The number of benzene rings is 1. The highest BCUT2D eigenvalue weighted by Gasteiger charge is 2.55. The Hall–Kier alpha value is -2.73. The summed E-state index contributed by atoms with van der Waals surface area (Å²) in [5.41, 5.74) is 1.62. The predicted molar refractivity (Wildman–Crippen MR) is 117 cm³/mol. The van der Waals surface area contributed by atoms with Crippen LogP contribution in [0, 0.1) is 0 Å². The van der Waals surface area contributed by atoms with Crippen LogP contribution in [0.25, 0.3) is 0 Å². The van der Waals surface area contributed by atoms with E-state index in [4.69, 9.17) is 9.72 Å². The van der Waals surface area contributed by atoms with Gasteiger partial charge in [-0.15, -0.1) is 0 Å². The van der Waals surface area contributed by atoms with E-state index in [-0.39, 0.29) is 11.8 Å². The number of nitrogens with zero attached hydrogens (tertiary/aromatic N) is 2. The van der Waals surface area contributed by atoms with Crippen LogP contribution in [0.2, 0.25) is 0 Å². The maximum Gasteiger partial charge on any atom is 0.340 e. The first kappa shape index (κ1) is 19.0. The van der Waals surface area contributed by atoms with Gasteiger partial charge >= 0.3 is 5.97 Å². The van der Waals surface area contributed by atoms with Gasteiger partial charge in [-0.2, -0.15) is 0 Å². The van der Waals surface area contributed by atoms with Gasteiger partial charge in [0.25, 0.3) is 0 Å². The van der Waals surface area contributed by atoms with Gasteiger partial charge in [0.05, 0.1) is 11.0 Å². The largest absolute Gasteiger partial charge is 0.449 e. The van der Waals surface area contributed by atoms with Crippen LogP contribution in [0.4, 0.5) is 5.82 Å². The molecule has 31 heavy (non-hydrogen) atoms. The summed E-state index contributed by atoms with van der Waals surface area (Å²) in [5.74, 6) is 0.653. The van der Waals surface area contributed by atoms with Crippen molar-refractivity contribution in [3.63, 3.8) is 0 Å². The third kappa shape index (κ3) is 2.84. The van der Waals surface area contributed by atoms with Crippen LogP contribution in [0.15, 0.2) is 36.5 Å². The number of Topliss-reactive ketones (excluding diaryl/α,β-unsaturated/α-hetero) is 1. The van der Waals surface area contributed by atoms with E-state index in [9.17, 15) is 9.59 Å². The molecule has 3 aliphatic heterocycles. The lowest BCUT2D eigenvalue weighted by Gasteiger charge is -2.28. The second-order valence-electron chi connectivity index (χ2n) is 9.40. The lowest BCUT2D eigenvalue weighted by molar-refractivity contribution is 0.00158. The second kappa shape index (κ2) is 6.89. The van der Waals surface area contributed by atoms with Crippen molar-refractivity contribution in [1.82, 2.24) is 10.3 Å². The molecule has 160 valence electrons. The molecule has 2 saturated heterocycles. The van der Waals surface area contributed by atoms with E-state index < -0.39 is 11.0 Å². The molecule has 6 rings (SSSR count). The van der Waals surface area contributed by atoms with E-state index in [2.05, 4.69) is 22.3 Å². The number of nitrogens with one attached hydrogen (secondary N) is 1. The van der Waals surface area contributed by atoms with Gasteiger partial charge in [0.2, 0.25) is 0 Å². The highest BCUT2D eigenvalue weighted by atomic mass is 16.6. The molecule has 6 heteroatoms. The fraction of sp³-hybridized carbons (Fsp3) is 0.480. The van der Waals surface area contributed by atoms with Crippen molar-refractivity contribution in [2.75, 3.05) is 31.1 Å². The van der Waals surface area contributed by atoms with E-state index in [1.54, 1.807) is 6.07 Å². The summed E-state index contributed by atoms with van der Waals surface area (Å²) in [4.78, 5) is 33.6. The van der Waals surface area contributed by atoms with Gasteiger partial charge in [0.15, 0.2) is 11.4 Å². The third-order valence-corrected chi connectivity index (χ3v) is 7.57. The van der Waals surface area contributed by atoms with Crippen LogP contribution in [-0.4, -0.2) is 42.9 Å². The molecule has 1 unspecified atom stereocenters. The van der Waals surface area contributed by atoms with Gasteiger partial charge in [-0.25, -0.2) is 9.78 Å². The zero-order valence-corrected chi connectivity index (χ0v) is 17.7. The standard InChI is InChI=1S/C25H27N3O3/c29-22(18-5-4-6-19-21(18)23(30)31-25(19)11-12-26-16-25)24(9-10-24)17-7-8-20(27-15-17)28-13-2-1-3-14-28/h4-8,15,26H,1-3,9-14,16H2. The Bertz CT molecular complexity index is 1050. The van der Waals surface area contributed by atoms with E-state index in [1.807, 2.05) is 18.3 Å². The number of ketones is 1. The van der Waals surface area contributed by atoms with Crippen molar-refractivity contribution in [2.45, 2.75) is 49.5 Å². The molecular weight excluding hydrogens is 390 g/mol. The molecule has 4 heterocycles. The van der Waals surface area contributed by atoms with Crippen molar-refractivity contribution in [3.8, 4) is 0 Å². The first-order valence-corrected chi connectivity index (χ1v) is 11.5. The number of piperidine rings is 1. The number of carbonyl (C=O) groups is 2. The maximum atomic E-state index is 13.8. The summed E-state index contributed by atoms with van der Waals surface area (Å²) in [7, 11) is 0. The highest BCUT2D eigenvalue weighted by molar-refractivity contribution is 6.14. The number of rotatable bonds is 4. The SMILES string of the molecule is O=C1OC2(CCNC2)c2cccc(C(=O)C3(c4ccc(N5CCCCC5)nc4)CC3)c21. The van der Waals surface area contributed by atoms with Crippen molar-refractivity contribution < 1.29 is 14.3 Å². The number of pyridine rings is 1. The van der Waals surface area contributed by atoms with E-state index >= 15 is 0 Å². The first-order valence-electron chi connectivity index (χ1n) is 11.5. The molecule has 1 N–H and O–H groups in total. The molecule has 0 bridgehead atoms. The molecule has 1 atom stereocenters. The highest BCUT2D eigenvalue weighted by Crippen LogP contribution is 2.52. The summed E-state index contributed by atoms with van der Waals surface area (Å²) in [6.45, 7) is 3.51. The molecule has 1 aromatic carbocycles. The summed E-state index contributed by atoms with van der Waals surface area (Å²) in [5, 5.41) is 3.29. The Morgan fingerprint density at radius 1 is 1.06 bits per heavy atom. The van der Waals surface area contributed by atoms with Crippen molar-refractivity contribution in [1.29, 1.82) is 0 Å². The number of carbonyl (C=O) groups excluding carboxylic acids is 2. The number of fused-ring (bicyclic) bond motifs is 2. The Kier molecular flexibility index (Phi) is 4.22. The molecule has 1 aromatic heterocycles. The molecule has 2 aromatic rings. The van der Waals surface area contributed by atoms with Crippen LogP contribution < -0.4 is 10.2 Å². The number of aromatic nitrogens is 1. The normalized spacial score (nSPS) is 26.1. The molecule has 1 spiro atoms. The van der Waals surface area contributed by atoms with Crippen molar-refractivity contribution >= 4 is 17.6 Å². The van der Waals surface area contributed by atoms with Crippen molar-refractivity contribution in [3.05, 3.63) is 58.8 Å². The van der Waals surface area contributed by atoms with Crippen molar-refractivity contribution in [2.24, 2.45) is 0 Å². The molecule has 6 nitrogen and oxygen atoms in total. The minimum absolute atomic E-state index is 0.0248. The van der Waals surface area contributed by atoms with Gasteiger partial charge in [-0.3, -0.25) is 4.79 Å². The zero-order valence-electron chi connectivity index (χ0n) is 17.7. The van der Waals surface area contributed by atoms with Gasteiger partial charge in [-0.1, -0.05) is 24.3 Å². The van der Waals surface area contributed by atoms with Crippen LogP contribution in [0.1, 0.15) is 70.4 Å². The van der Waals surface area contributed by atoms with Crippen LogP contribution in [0.3, 0.4) is 0 Å². The fourth-order valence-corrected chi connectivity index (χ4v) is 5.62. The number of anilines is 1. The molecule has 0 amide bonds. The Morgan fingerprint density at radius 2 is 1.90 bits per heavy atom. The fourth-order valence-electron chi connectivity index (χ4n) is 5.62. The lowest BCUT2D eigenvalue weighted by atomic mass is 9.83. The van der Waals surface area contributed by atoms with Crippen LogP contribution >= 0.6 is 0 Å². The van der Waals surface area contributed by atoms with Crippen LogP contribution in [0.5, 0.6) is 0 Å². The minimum atomic E-state index is -0.614. The average molecular weight is 418 g/mol. The Balaban J connectivity index is 1.33. The summed E-state index contributed by atoms with van der Waals surface area (Å²) >= 11 is 0. The smallest absolute Gasteiger partial charge is 0.340 e. The summed E-state index contributed by atoms with van der Waals surface area (Å²) in [6, 6.07) is 9.74. The number of esters is 1. The number of ether oxygens (including phenoxy) is 1. The molecular formula is C25H27N3O3. The lowest BCUT2D eigenvalue weighted by Crippen LogP contribution is -2.30. The maximum absolute atomic E-state index is 13.8.